The number of halogens is 2. The zero-order valence-corrected chi connectivity index (χ0v) is 21.2. The zero-order chi connectivity index (χ0) is 22.2. The van der Waals surface area contributed by atoms with Crippen LogP contribution in [0.3, 0.4) is 0 Å². The normalized spacial score (nSPS) is 15.8. The number of aromatic nitrogens is 2. The van der Waals surface area contributed by atoms with Gasteiger partial charge in [0.2, 0.25) is 0 Å². The lowest BCUT2D eigenvalue weighted by molar-refractivity contribution is 0.0179. The monoisotopic (exact) mass is 566 g/mol. The van der Waals surface area contributed by atoms with E-state index in [0.29, 0.717) is 26.3 Å². The van der Waals surface area contributed by atoms with Gasteiger partial charge >= 0.3 is 0 Å². The summed E-state index contributed by atoms with van der Waals surface area (Å²) in [6.45, 7) is 7.21. The lowest BCUT2D eigenvalue weighted by atomic mass is 10.0. The molecule has 1 aliphatic heterocycles. The van der Waals surface area contributed by atoms with Crippen molar-refractivity contribution < 1.29 is 9.13 Å². The van der Waals surface area contributed by atoms with E-state index in [0.717, 1.165) is 54.4 Å². The van der Waals surface area contributed by atoms with Gasteiger partial charge in [0.1, 0.15) is 11.6 Å². The van der Waals surface area contributed by atoms with Gasteiger partial charge in [-0.1, -0.05) is 24.3 Å². The lowest BCUT2D eigenvalue weighted by Gasteiger charge is -2.34. The third-order valence-electron chi connectivity index (χ3n) is 5.60. The molecule has 2 aromatic carbocycles. The third kappa shape index (κ3) is 7.12. The average Bonchev–Trinajstić information content (AvgIpc) is 3.24. The Balaban J connectivity index is 0.00000306. The highest BCUT2D eigenvalue weighted by atomic mass is 127. The number of aromatic amines is 1. The maximum absolute atomic E-state index is 13.5. The maximum atomic E-state index is 13.5. The quantitative estimate of drug-likeness (QED) is 0.221. The van der Waals surface area contributed by atoms with Crippen molar-refractivity contribution in [2.75, 3.05) is 45.9 Å². The van der Waals surface area contributed by atoms with E-state index in [1.807, 2.05) is 36.4 Å². The van der Waals surface area contributed by atoms with Crippen molar-refractivity contribution in [1.29, 1.82) is 0 Å². The molecule has 7 nitrogen and oxygen atoms in total. The van der Waals surface area contributed by atoms with Crippen LogP contribution >= 0.6 is 24.0 Å². The number of aliphatic imine (C=N–C) groups is 1. The fraction of sp³-hybridized carbons (Fsp3) is 0.417. The number of benzene rings is 2. The number of fused-ring (bicyclic) bond motifs is 1. The van der Waals surface area contributed by atoms with Crippen LogP contribution in [0.4, 0.5) is 4.39 Å². The molecule has 178 valence electrons. The number of para-hydroxylation sites is 2. The number of ether oxygens (including phenoxy) is 1. The number of rotatable bonds is 8. The summed E-state index contributed by atoms with van der Waals surface area (Å²) in [7, 11) is 0. The van der Waals surface area contributed by atoms with Crippen molar-refractivity contribution in [1.82, 2.24) is 25.5 Å². The SMILES string of the molecule is CCNC(=NCC(c1ccc(F)cc1)N1CCOCC1)NCCc1nc2ccccc2[nH]1.I. The number of morpholine rings is 1. The first kappa shape index (κ1) is 25.4. The fourth-order valence-electron chi connectivity index (χ4n) is 3.95. The molecule has 4 rings (SSSR count). The molecule has 1 aliphatic rings. The Morgan fingerprint density at radius 2 is 1.91 bits per heavy atom. The highest BCUT2D eigenvalue weighted by Crippen LogP contribution is 2.22. The van der Waals surface area contributed by atoms with Crippen LogP contribution in [0.5, 0.6) is 0 Å². The van der Waals surface area contributed by atoms with Crippen LogP contribution < -0.4 is 10.6 Å². The van der Waals surface area contributed by atoms with Gasteiger partial charge in [-0.25, -0.2) is 9.37 Å². The smallest absolute Gasteiger partial charge is 0.191 e. The molecular formula is C24H32FIN6O. The van der Waals surface area contributed by atoms with Crippen LogP contribution in [0, 0.1) is 5.82 Å². The molecule has 1 unspecified atom stereocenters. The van der Waals surface area contributed by atoms with Crippen molar-refractivity contribution in [2.45, 2.75) is 19.4 Å². The zero-order valence-electron chi connectivity index (χ0n) is 18.9. The molecule has 1 fully saturated rings. The summed E-state index contributed by atoms with van der Waals surface area (Å²) in [4.78, 5) is 15.2. The molecule has 33 heavy (non-hydrogen) atoms. The van der Waals surface area contributed by atoms with E-state index in [1.54, 1.807) is 0 Å². The molecule has 1 saturated heterocycles. The maximum Gasteiger partial charge on any atom is 0.191 e. The molecule has 9 heteroatoms. The Labute approximate surface area is 211 Å². The Morgan fingerprint density at radius 3 is 2.64 bits per heavy atom. The number of H-pyrrole nitrogens is 1. The van der Waals surface area contributed by atoms with Gasteiger partial charge in [-0.15, -0.1) is 24.0 Å². The largest absolute Gasteiger partial charge is 0.379 e. The summed E-state index contributed by atoms with van der Waals surface area (Å²) in [5.74, 6) is 1.50. The van der Waals surface area contributed by atoms with Crippen molar-refractivity contribution in [2.24, 2.45) is 4.99 Å². The third-order valence-corrected chi connectivity index (χ3v) is 5.60. The Hall–Kier alpha value is -2.24. The number of guanidine groups is 1. The van der Waals surface area contributed by atoms with Gasteiger partial charge in [0, 0.05) is 32.6 Å². The van der Waals surface area contributed by atoms with Crippen LogP contribution in [0.15, 0.2) is 53.5 Å². The standard InChI is InChI=1S/C24H31FN6O.HI/c1-2-26-24(27-12-11-23-29-20-5-3-4-6-21(20)30-23)28-17-22(31-13-15-32-16-14-31)18-7-9-19(25)10-8-18;/h3-10,22H,2,11-17H2,1H3,(H,29,30)(H2,26,27,28);1H. The van der Waals surface area contributed by atoms with Crippen molar-refractivity contribution in [3.8, 4) is 0 Å². The molecule has 0 bridgehead atoms. The van der Waals surface area contributed by atoms with E-state index in [1.165, 1.54) is 12.1 Å². The summed E-state index contributed by atoms with van der Waals surface area (Å²) in [5, 5.41) is 6.73. The van der Waals surface area contributed by atoms with E-state index in [2.05, 4.69) is 32.4 Å². The summed E-state index contributed by atoms with van der Waals surface area (Å²) in [6, 6.07) is 14.9. The average molecular weight is 566 g/mol. The van der Waals surface area contributed by atoms with Crippen LogP contribution in [0.25, 0.3) is 11.0 Å². The summed E-state index contributed by atoms with van der Waals surface area (Å²) in [6.07, 6.45) is 0.768. The number of nitrogens with one attached hydrogen (secondary N) is 3. The molecular weight excluding hydrogens is 534 g/mol. The molecule has 1 atom stereocenters. The Kier molecular flexibility index (Phi) is 9.89. The first-order chi connectivity index (χ1) is 15.7. The van der Waals surface area contributed by atoms with Gasteiger partial charge in [0.25, 0.3) is 0 Å². The Bertz CT molecular complexity index is 986. The second kappa shape index (κ2) is 12.9. The minimum absolute atomic E-state index is 0. The Morgan fingerprint density at radius 1 is 1.15 bits per heavy atom. The molecule has 0 saturated carbocycles. The van der Waals surface area contributed by atoms with Gasteiger partial charge < -0.3 is 20.4 Å². The van der Waals surface area contributed by atoms with Crippen LogP contribution in [-0.4, -0.2) is 66.8 Å². The van der Waals surface area contributed by atoms with E-state index in [4.69, 9.17) is 9.73 Å². The molecule has 0 radical (unpaired) electrons. The molecule has 0 spiro atoms. The predicted octanol–water partition coefficient (Wildman–Crippen LogP) is 3.49. The van der Waals surface area contributed by atoms with Crippen LogP contribution in [-0.2, 0) is 11.2 Å². The highest BCUT2D eigenvalue weighted by molar-refractivity contribution is 14.0. The van der Waals surface area contributed by atoms with E-state index in [-0.39, 0.29) is 35.8 Å². The number of hydrogen-bond donors (Lipinski definition) is 3. The minimum Gasteiger partial charge on any atom is -0.379 e. The summed E-state index contributed by atoms with van der Waals surface area (Å²) >= 11 is 0. The van der Waals surface area contributed by atoms with Crippen molar-refractivity contribution in [3.63, 3.8) is 0 Å². The molecule has 0 aliphatic carbocycles. The van der Waals surface area contributed by atoms with E-state index >= 15 is 0 Å². The lowest BCUT2D eigenvalue weighted by Crippen LogP contribution is -2.42. The van der Waals surface area contributed by atoms with Crippen LogP contribution in [0.1, 0.15) is 24.4 Å². The van der Waals surface area contributed by atoms with Gasteiger partial charge in [-0.05, 0) is 36.8 Å². The van der Waals surface area contributed by atoms with Gasteiger partial charge in [-0.2, -0.15) is 0 Å². The minimum atomic E-state index is -0.224. The number of imidazole rings is 1. The van der Waals surface area contributed by atoms with Crippen molar-refractivity contribution >= 4 is 41.0 Å². The number of hydrogen-bond acceptors (Lipinski definition) is 4. The molecule has 1 aromatic heterocycles. The van der Waals surface area contributed by atoms with Crippen LogP contribution in [0.2, 0.25) is 0 Å². The highest BCUT2D eigenvalue weighted by Gasteiger charge is 2.22. The second-order valence-corrected chi connectivity index (χ2v) is 7.81. The first-order valence-electron chi connectivity index (χ1n) is 11.3. The van der Waals surface area contributed by atoms with E-state index < -0.39 is 0 Å². The fourth-order valence-corrected chi connectivity index (χ4v) is 3.95. The molecule has 0 amide bonds. The second-order valence-electron chi connectivity index (χ2n) is 7.81. The molecule has 3 aromatic rings. The number of nitrogens with zero attached hydrogens (tertiary/aromatic N) is 3. The van der Waals surface area contributed by atoms with Gasteiger partial charge in [0.15, 0.2) is 5.96 Å². The van der Waals surface area contributed by atoms with Gasteiger partial charge in [0.05, 0.1) is 36.8 Å². The first-order valence-corrected chi connectivity index (χ1v) is 11.3. The summed E-state index contributed by atoms with van der Waals surface area (Å²) < 4.78 is 19.0. The molecule has 3 N–H and O–H groups in total. The topological polar surface area (TPSA) is 77.6 Å². The van der Waals surface area contributed by atoms with Gasteiger partial charge in [-0.3, -0.25) is 9.89 Å². The van der Waals surface area contributed by atoms with E-state index in [9.17, 15) is 4.39 Å². The van der Waals surface area contributed by atoms with Crippen molar-refractivity contribution in [3.05, 3.63) is 65.7 Å². The summed E-state index contributed by atoms with van der Waals surface area (Å²) in [5.41, 5.74) is 3.10. The molecule has 2 heterocycles. The predicted molar refractivity (Wildman–Crippen MR) is 141 cm³/mol.